The Bertz CT molecular complexity index is 503. The fourth-order valence-corrected chi connectivity index (χ4v) is 1.42. The minimum Gasteiger partial charge on any atom is -0.465 e. The summed E-state index contributed by atoms with van der Waals surface area (Å²) in [6.45, 7) is 1.51. The lowest BCUT2D eigenvalue weighted by Crippen LogP contribution is -2.14. The minimum atomic E-state index is -0.755. The summed E-state index contributed by atoms with van der Waals surface area (Å²) in [5, 5.41) is 8.12. The van der Waals surface area contributed by atoms with Gasteiger partial charge < -0.3 is 4.74 Å². The van der Waals surface area contributed by atoms with E-state index >= 15 is 0 Å². The zero-order valence-corrected chi connectivity index (χ0v) is 10.1. The van der Waals surface area contributed by atoms with Crippen LogP contribution in [0.3, 0.4) is 0 Å². The zero-order valence-electron chi connectivity index (χ0n) is 9.36. The van der Waals surface area contributed by atoms with E-state index in [1.807, 2.05) is 6.07 Å². The molecule has 0 aromatic heterocycles. The highest BCUT2D eigenvalue weighted by Gasteiger charge is 2.18. The first-order valence-corrected chi connectivity index (χ1v) is 5.25. The van der Waals surface area contributed by atoms with E-state index in [1.165, 1.54) is 32.2 Å². The maximum atomic E-state index is 11.8. The summed E-state index contributed by atoms with van der Waals surface area (Å²) in [6.07, 6.45) is 0. The van der Waals surface area contributed by atoms with Crippen LogP contribution in [0.2, 0.25) is 0 Å². The van der Waals surface area contributed by atoms with Gasteiger partial charge in [-0.1, -0.05) is 0 Å². The number of carbonyl (C=O) groups is 2. The Morgan fingerprint density at radius 1 is 1.47 bits per heavy atom. The number of nitriles is 1. The van der Waals surface area contributed by atoms with Crippen molar-refractivity contribution in [1.29, 1.82) is 5.26 Å². The Morgan fingerprint density at radius 2 is 2.12 bits per heavy atom. The van der Waals surface area contributed by atoms with E-state index in [-0.39, 0.29) is 16.7 Å². The summed E-state index contributed by atoms with van der Waals surface area (Å²) < 4.78 is 4.54. The second-order valence-electron chi connectivity index (χ2n) is 3.34. The molecule has 17 heavy (non-hydrogen) atoms. The molecule has 0 N–H and O–H groups in total. The van der Waals surface area contributed by atoms with Crippen LogP contribution < -0.4 is 0 Å². The number of halogens is 1. The molecule has 1 rings (SSSR count). The van der Waals surface area contributed by atoms with Crippen molar-refractivity contribution in [2.75, 3.05) is 7.11 Å². The fraction of sp³-hybridized carbons (Fsp3) is 0.250. The molecular formula is C12H10ClNO3. The van der Waals surface area contributed by atoms with Gasteiger partial charge in [-0.25, -0.2) is 4.79 Å². The van der Waals surface area contributed by atoms with Crippen LogP contribution in [0.1, 0.15) is 33.2 Å². The smallest absolute Gasteiger partial charge is 0.337 e. The predicted molar refractivity (Wildman–Crippen MR) is 62.1 cm³/mol. The van der Waals surface area contributed by atoms with Crippen molar-refractivity contribution in [3.63, 3.8) is 0 Å². The Balaban J connectivity index is 3.31. The van der Waals surface area contributed by atoms with Crippen LogP contribution in [0.5, 0.6) is 0 Å². The molecule has 0 heterocycles. The number of Topliss-reactive ketones (excluding diaryl/α,β-unsaturated/α-hetero) is 1. The van der Waals surface area contributed by atoms with Gasteiger partial charge in [-0.2, -0.15) is 5.26 Å². The topological polar surface area (TPSA) is 67.2 Å². The van der Waals surface area contributed by atoms with E-state index in [4.69, 9.17) is 16.9 Å². The Kier molecular flexibility index (Phi) is 4.24. The molecule has 1 aromatic carbocycles. The van der Waals surface area contributed by atoms with Crippen molar-refractivity contribution in [1.82, 2.24) is 0 Å². The highest BCUT2D eigenvalue weighted by Crippen LogP contribution is 2.16. The molecule has 1 aromatic rings. The fourth-order valence-electron chi connectivity index (χ4n) is 1.30. The second-order valence-corrected chi connectivity index (χ2v) is 4.00. The van der Waals surface area contributed by atoms with Gasteiger partial charge >= 0.3 is 5.97 Å². The predicted octanol–water partition coefficient (Wildman–Crippen LogP) is 2.15. The van der Waals surface area contributed by atoms with Crippen molar-refractivity contribution < 1.29 is 14.3 Å². The molecule has 0 bridgehead atoms. The summed E-state index contributed by atoms with van der Waals surface area (Å²) in [6, 6.07) is 6.04. The number of ether oxygens (including phenoxy) is 1. The van der Waals surface area contributed by atoms with Crippen molar-refractivity contribution in [3.8, 4) is 6.07 Å². The van der Waals surface area contributed by atoms with E-state index in [0.717, 1.165) is 0 Å². The third-order valence-electron chi connectivity index (χ3n) is 2.19. The van der Waals surface area contributed by atoms with Crippen LogP contribution >= 0.6 is 11.6 Å². The van der Waals surface area contributed by atoms with E-state index in [2.05, 4.69) is 4.74 Å². The zero-order chi connectivity index (χ0) is 13.0. The minimum absolute atomic E-state index is 0.137. The highest BCUT2D eigenvalue weighted by molar-refractivity contribution is 6.33. The largest absolute Gasteiger partial charge is 0.465 e. The van der Waals surface area contributed by atoms with Crippen molar-refractivity contribution in [2.24, 2.45) is 0 Å². The Labute approximate surface area is 104 Å². The number of rotatable bonds is 3. The maximum absolute atomic E-state index is 11.8. The summed E-state index contributed by atoms with van der Waals surface area (Å²) in [5.41, 5.74) is 0.542. The number of hydrogen-bond acceptors (Lipinski definition) is 4. The molecule has 0 saturated carbocycles. The van der Waals surface area contributed by atoms with Gasteiger partial charge in [0.1, 0.15) is 0 Å². The van der Waals surface area contributed by atoms with Crippen LogP contribution in [-0.2, 0) is 4.74 Å². The molecule has 0 aliphatic rings. The third-order valence-corrected chi connectivity index (χ3v) is 2.39. The molecular weight excluding hydrogens is 242 g/mol. The van der Waals surface area contributed by atoms with Crippen molar-refractivity contribution >= 4 is 23.4 Å². The number of nitrogens with zero attached hydrogens (tertiary/aromatic N) is 1. The van der Waals surface area contributed by atoms with Crippen LogP contribution in [-0.4, -0.2) is 24.2 Å². The van der Waals surface area contributed by atoms with Gasteiger partial charge in [-0.05, 0) is 25.1 Å². The van der Waals surface area contributed by atoms with Gasteiger partial charge in [-0.3, -0.25) is 4.79 Å². The standard InChI is InChI=1S/C12H10ClNO3/c1-7(13)11(15)10-5-8(12(16)17-2)3-4-9(10)6-14/h3-5,7H,1-2H3. The average molecular weight is 252 g/mol. The number of esters is 1. The number of methoxy groups -OCH3 is 1. The van der Waals surface area contributed by atoms with Crippen LogP contribution in [0.25, 0.3) is 0 Å². The van der Waals surface area contributed by atoms with E-state index < -0.39 is 17.1 Å². The second kappa shape index (κ2) is 5.46. The number of benzene rings is 1. The molecule has 1 unspecified atom stereocenters. The van der Waals surface area contributed by atoms with Crippen LogP contribution in [0, 0.1) is 11.3 Å². The molecule has 1 atom stereocenters. The molecule has 0 spiro atoms. The average Bonchev–Trinajstić information content (AvgIpc) is 2.35. The van der Waals surface area contributed by atoms with Gasteiger partial charge in [0, 0.05) is 5.56 Å². The maximum Gasteiger partial charge on any atom is 0.337 e. The quantitative estimate of drug-likeness (QED) is 0.469. The molecule has 0 radical (unpaired) electrons. The van der Waals surface area contributed by atoms with E-state index in [9.17, 15) is 9.59 Å². The van der Waals surface area contributed by atoms with Crippen molar-refractivity contribution in [3.05, 3.63) is 34.9 Å². The molecule has 0 amide bonds. The molecule has 0 aliphatic heterocycles. The lowest BCUT2D eigenvalue weighted by Gasteiger charge is -2.06. The normalized spacial score (nSPS) is 11.4. The van der Waals surface area contributed by atoms with Gasteiger partial charge in [0.05, 0.1) is 29.7 Å². The van der Waals surface area contributed by atoms with Gasteiger partial charge in [0.2, 0.25) is 0 Å². The van der Waals surface area contributed by atoms with Crippen molar-refractivity contribution in [2.45, 2.75) is 12.3 Å². The highest BCUT2D eigenvalue weighted by atomic mass is 35.5. The van der Waals surface area contributed by atoms with Crippen LogP contribution in [0.15, 0.2) is 18.2 Å². The third kappa shape index (κ3) is 2.83. The SMILES string of the molecule is COC(=O)c1ccc(C#N)c(C(=O)C(C)Cl)c1. The summed E-state index contributed by atoms with van der Waals surface area (Å²) in [7, 11) is 1.24. The Morgan fingerprint density at radius 3 is 2.59 bits per heavy atom. The first-order valence-electron chi connectivity index (χ1n) is 4.82. The number of alkyl halides is 1. The first-order chi connectivity index (χ1) is 8.01. The molecule has 4 nitrogen and oxygen atoms in total. The number of hydrogen-bond donors (Lipinski definition) is 0. The lowest BCUT2D eigenvalue weighted by molar-refractivity contribution is 0.0600. The first kappa shape index (κ1) is 13.2. The van der Waals surface area contributed by atoms with Gasteiger partial charge in [0.25, 0.3) is 0 Å². The number of carbonyl (C=O) groups excluding carboxylic acids is 2. The molecule has 0 saturated heterocycles. The van der Waals surface area contributed by atoms with Gasteiger partial charge in [-0.15, -0.1) is 11.6 Å². The molecule has 5 heteroatoms. The molecule has 0 aliphatic carbocycles. The Hall–Kier alpha value is -1.86. The van der Waals surface area contributed by atoms with Gasteiger partial charge in [0.15, 0.2) is 5.78 Å². The van der Waals surface area contributed by atoms with E-state index in [1.54, 1.807) is 0 Å². The number of ketones is 1. The lowest BCUT2D eigenvalue weighted by atomic mass is 10.00. The van der Waals surface area contributed by atoms with Crippen LogP contribution in [0.4, 0.5) is 0 Å². The monoisotopic (exact) mass is 251 g/mol. The summed E-state index contributed by atoms with van der Waals surface area (Å²) >= 11 is 5.68. The van der Waals surface area contributed by atoms with E-state index in [0.29, 0.717) is 0 Å². The molecule has 88 valence electrons. The summed E-state index contributed by atoms with van der Waals surface area (Å²) in [4.78, 5) is 23.1. The molecule has 0 fully saturated rings. The summed E-state index contributed by atoms with van der Waals surface area (Å²) in [5.74, 6) is -0.959.